The van der Waals surface area contributed by atoms with Crippen LogP contribution in [0.15, 0.2) is 51.7 Å². The number of piperazine rings is 1. The monoisotopic (exact) mass is 391 g/mol. The number of halogens is 3. The lowest BCUT2D eigenvalue weighted by Crippen LogP contribution is -2.48. The van der Waals surface area contributed by atoms with Gasteiger partial charge < -0.3 is 14.2 Å². The number of aromatic amines is 1. The average molecular weight is 391 g/mol. The van der Waals surface area contributed by atoms with Crippen LogP contribution in [0.25, 0.3) is 11.1 Å². The number of fused-ring (bicyclic) bond motifs is 1. The Morgan fingerprint density at radius 1 is 1.00 bits per heavy atom. The zero-order valence-corrected chi connectivity index (χ0v) is 14.6. The minimum absolute atomic E-state index is 0.235. The molecule has 0 aliphatic carbocycles. The van der Waals surface area contributed by atoms with Gasteiger partial charge in [0.25, 0.3) is 5.91 Å². The van der Waals surface area contributed by atoms with Crippen LogP contribution in [0.2, 0.25) is 0 Å². The molecule has 1 amide bonds. The molecular formula is C19H16F3N3O3. The number of alkyl halides is 3. The van der Waals surface area contributed by atoms with Crippen LogP contribution >= 0.6 is 0 Å². The molecule has 28 heavy (non-hydrogen) atoms. The number of rotatable bonds is 2. The standard InChI is InChI=1S/C19H16F3N3O3/c20-19(21,22)13-3-1-12(2-4-13)17(26)25-9-7-24(8-10-25)14-5-6-16-15(11-14)23-18(27)28-16/h1-6,11H,7-10H2,(H,23,27). The maximum Gasteiger partial charge on any atom is 0.417 e. The SMILES string of the molecule is O=C(c1ccc(C(F)(F)F)cc1)N1CCN(c2ccc3oc(=O)[nH]c3c2)CC1. The summed E-state index contributed by atoms with van der Waals surface area (Å²) in [5, 5.41) is 0. The summed E-state index contributed by atoms with van der Waals surface area (Å²) in [6, 6.07) is 9.62. The Morgan fingerprint density at radius 3 is 2.32 bits per heavy atom. The first-order valence-electron chi connectivity index (χ1n) is 8.65. The Labute approximate surface area is 157 Å². The lowest BCUT2D eigenvalue weighted by molar-refractivity contribution is -0.137. The fourth-order valence-electron chi connectivity index (χ4n) is 3.29. The van der Waals surface area contributed by atoms with E-state index in [-0.39, 0.29) is 11.5 Å². The van der Waals surface area contributed by atoms with Crippen LogP contribution < -0.4 is 10.7 Å². The van der Waals surface area contributed by atoms with Crippen molar-refractivity contribution in [3.05, 3.63) is 64.1 Å². The number of carbonyl (C=O) groups excluding carboxylic acids is 1. The highest BCUT2D eigenvalue weighted by atomic mass is 19.4. The molecule has 2 aromatic carbocycles. The smallest absolute Gasteiger partial charge is 0.408 e. The molecule has 6 nitrogen and oxygen atoms in total. The van der Waals surface area contributed by atoms with Gasteiger partial charge in [0.05, 0.1) is 11.1 Å². The molecule has 1 saturated heterocycles. The largest absolute Gasteiger partial charge is 0.417 e. The molecule has 9 heteroatoms. The third kappa shape index (κ3) is 3.47. The molecular weight excluding hydrogens is 375 g/mol. The van der Waals surface area contributed by atoms with Gasteiger partial charge in [0.1, 0.15) is 0 Å². The number of anilines is 1. The lowest BCUT2D eigenvalue weighted by atomic mass is 10.1. The van der Waals surface area contributed by atoms with Crippen molar-refractivity contribution in [2.45, 2.75) is 6.18 Å². The summed E-state index contributed by atoms with van der Waals surface area (Å²) >= 11 is 0. The number of hydrogen-bond acceptors (Lipinski definition) is 4. The van der Waals surface area contributed by atoms with Gasteiger partial charge in [0.2, 0.25) is 0 Å². The van der Waals surface area contributed by atoms with Crippen molar-refractivity contribution in [2.24, 2.45) is 0 Å². The molecule has 1 aromatic heterocycles. The summed E-state index contributed by atoms with van der Waals surface area (Å²) in [5.41, 5.74) is 1.43. The zero-order chi connectivity index (χ0) is 19.9. The first-order chi connectivity index (χ1) is 13.3. The molecule has 2 heterocycles. The van der Waals surface area contributed by atoms with Crippen molar-refractivity contribution < 1.29 is 22.4 Å². The van der Waals surface area contributed by atoms with Gasteiger partial charge in [-0.25, -0.2) is 4.79 Å². The van der Waals surface area contributed by atoms with Crippen LogP contribution in [0.4, 0.5) is 18.9 Å². The highest BCUT2D eigenvalue weighted by Crippen LogP contribution is 2.29. The van der Waals surface area contributed by atoms with Gasteiger partial charge in [-0.05, 0) is 42.5 Å². The van der Waals surface area contributed by atoms with Gasteiger partial charge in [-0.15, -0.1) is 0 Å². The topological polar surface area (TPSA) is 69.6 Å². The van der Waals surface area contributed by atoms with Gasteiger partial charge in [-0.1, -0.05) is 0 Å². The van der Waals surface area contributed by atoms with E-state index in [0.717, 1.165) is 17.8 Å². The fraction of sp³-hybridized carbons (Fsp3) is 0.263. The molecule has 0 saturated carbocycles. The molecule has 0 unspecified atom stereocenters. The van der Waals surface area contributed by atoms with E-state index in [1.165, 1.54) is 12.1 Å². The molecule has 1 N–H and O–H groups in total. The van der Waals surface area contributed by atoms with E-state index >= 15 is 0 Å². The zero-order valence-electron chi connectivity index (χ0n) is 14.6. The maximum atomic E-state index is 12.7. The van der Waals surface area contributed by atoms with Crippen LogP contribution in [0.1, 0.15) is 15.9 Å². The molecule has 0 radical (unpaired) electrons. The maximum absolute atomic E-state index is 12.7. The van der Waals surface area contributed by atoms with Crippen LogP contribution in [-0.4, -0.2) is 42.0 Å². The first-order valence-corrected chi connectivity index (χ1v) is 8.65. The summed E-state index contributed by atoms with van der Waals surface area (Å²) in [6.45, 7) is 2.03. The number of oxazole rings is 1. The third-order valence-corrected chi connectivity index (χ3v) is 4.79. The molecule has 0 bridgehead atoms. The molecule has 1 fully saturated rings. The van der Waals surface area contributed by atoms with Crippen molar-refractivity contribution in [1.29, 1.82) is 0 Å². The molecule has 0 atom stereocenters. The number of hydrogen-bond donors (Lipinski definition) is 1. The molecule has 146 valence electrons. The Balaban J connectivity index is 1.42. The number of nitrogens with zero attached hydrogens (tertiary/aromatic N) is 2. The van der Waals surface area contributed by atoms with E-state index in [1.807, 2.05) is 12.1 Å². The van der Waals surface area contributed by atoms with Gasteiger partial charge in [0.15, 0.2) is 5.58 Å². The highest BCUT2D eigenvalue weighted by Gasteiger charge is 2.30. The van der Waals surface area contributed by atoms with E-state index in [2.05, 4.69) is 9.88 Å². The summed E-state index contributed by atoms with van der Waals surface area (Å²) in [5.74, 6) is -0.804. The Bertz CT molecular complexity index is 1060. The third-order valence-electron chi connectivity index (χ3n) is 4.79. The van der Waals surface area contributed by atoms with Gasteiger partial charge in [-0.2, -0.15) is 13.2 Å². The van der Waals surface area contributed by atoms with Crippen molar-refractivity contribution in [3.63, 3.8) is 0 Å². The molecule has 3 aromatic rings. The summed E-state index contributed by atoms with van der Waals surface area (Å²) in [4.78, 5) is 30.1. The Morgan fingerprint density at radius 2 is 1.68 bits per heavy atom. The predicted molar refractivity (Wildman–Crippen MR) is 96.4 cm³/mol. The number of carbonyl (C=O) groups is 1. The Hall–Kier alpha value is -3.23. The summed E-state index contributed by atoms with van der Waals surface area (Å²) in [6.07, 6.45) is -4.42. The van der Waals surface area contributed by atoms with E-state index in [0.29, 0.717) is 37.3 Å². The number of aromatic nitrogens is 1. The number of amides is 1. The second-order valence-corrected chi connectivity index (χ2v) is 6.55. The highest BCUT2D eigenvalue weighted by molar-refractivity contribution is 5.94. The molecule has 1 aliphatic heterocycles. The number of H-pyrrole nitrogens is 1. The van der Waals surface area contributed by atoms with E-state index in [9.17, 15) is 22.8 Å². The van der Waals surface area contributed by atoms with Crippen LogP contribution in [0.5, 0.6) is 0 Å². The first kappa shape index (κ1) is 18.1. The number of benzene rings is 2. The Kier molecular flexibility index (Phi) is 4.37. The predicted octanol–water partition coefficient (Wildman–Crippen LogP) is 3.10. The second kappa shape index (κ2) is 6.74. The second-order valence-electron chi connectivity index (χ2n) is 6.55. The fourth-order valence-corrected chi connectivity index (χ4v) is 3.29. The summed E-state index contributed by atoms with van der Waals surface area (Å²) in [7, 11) is 0. The van der Waals surface area contributed by atoms with Gasteiger partial charge in [0, 0.05) is 37.4 Å². The average Bonchev–Trinajstić information content (AvgIpc) is 3.06. The van der Waals surface area contributed by atoms with Gasteiger partial charge in [-0.3, -0.25) is 9.78 Å². The lowest BCUT2D eigenvalue weighted by Gasteiger charge is -2.36. The van der Waals surface area contributed by atoms with Crippen molar-refractivity contribution >= 4 is 22.7 Å². The van der Waals surface area contributed by atoms with Crippen LogP contribution in [0, 0.1) is 0 Å². The minimum atomic E-state index is -4.42. The quantitative estimate of drug-likeness (QED) is 0.729. The van der Waals surface area contributed by atoms with Crippen molar-refractivity contribution in [2.75, 3.05) is 31.1 Å². The molecule has 0 spiro atoms. The van der Waals surface area contributed by atoms with E-state index in [4.69, 9.17) is 4.42 Å². The molecule has 4 rings (SSSR count). The van der Waals surface area contributed by atoms with Gasteiger partial charge >= 0.3 is 11.9 Å². The van der Waals surface area contributed by atoms with Crippen molar-refractivity contribution in [3.8, 4) is 0 Å². The summed E-state index contributed by atoms with van der Waals surface area (Å²) < 4.78 is 42.9. The normalized spacial score (nSPS) is 15.2. The number of nitrogens with one attached hydrogen (secondary N) is 1. The molecule has 1 aliphatic rings. The van der Waals surface area contributed by atoms with Crippen LogP contribution in [0.3, 0.4) is 0 Å². The van der Waals surface area contributed by atoms with Crippen LogP contribution in [-0.2, 0) is 6.18 Å². The van der Waals surface area contributed by atoms with E-state index < -0.39 is 17.5 Å². The minimum Gasteiger partial charge on any atom is -0.408 e. The van der Waals surface area contributed by atoms with E-state index in [1.54, 1.807) is 11.0 Å². The van der Waals surface area contributed by atoms with Crippen molar-refractivity contribution in [1.82, 2.24) is 9.88 Å².